The maximum absolute atomic E-state index is 12.6. The number of carbonyl (C=O) groups is 1. The molecule has 0 radical (unpaired) electrons. The minimum absolute atomic E-state index is 0.141. The Hall–Kier alpha value is -3.74. The van der Waals surface area contributed by atoms with Crippen molar-refractivity contribution in [2.75, 3.05) is 0 Å². The van der Waals surface area contributed by atoms with Crippen LogP contribution in [0.25, 0.3) is 11.3 Å². The molecule has 0 aliphatic rings. The van der Waals surface area contributed by atoms with E-state index in [1.165, 1.54) is 6.33 Å². The number of rotatable bonds is 6. The lowest BCUT2D eigenvalue weighted by Gasteiger charge is -2.12. The first kappa shape index (κ1) is 17.7. The highest BCUT2D eigenvalue weighted by molar-refractivity contribution is 5.94. The molecule has 0 saturated heterocycles. The maximum atomic E-state index is 12.6. The lowest BCUT2D eigenvalue weighted by atomic mass is 10.1. The van der Waals surface area contributed by atoms with E-state index in [-0.39, 0.29) is 11.9 Å². The van der Waals surface area contributed by atoms with Gasteiger partial charge in [0.2, 0.25) is 0 Å². The van der Waals surface area contributed by atoms with Gasteiger partial charge in [-0.05, 0) is 30.2 Å². The number of carbonyl (C=O) groups excluding carboxylic acids is 1. The van der Waals surface area contributed by atoms with Crippen LogP contribution in [0.1, 0.15) is 34.7 Å². The van der Waals surface area contributed by atoms with Crippen molar-refractivity contribution in [1.82, 2.24) is 30.0 Å². The monoisotopic (exact) mass is 372 g/mol. The van der Waals surface area contributed by atoms with Crippen LogP contribution in [-0.2, 0) is 6.54 Å². The van der Waals surface area contributed by atoms with Crippen molar-refractivity contribution in [3.05, 3.63) is 90.4 Å². The van der Waals surface area contributed by atoms with Gasteiger partial charge >= 0.3 is 0 Å². The molecule has 0 unspecified atom stereocenters. The molecule has 0 bridgehead atoms. The molecule has 2 aromatic carbocycles. The second kappa shape index (κ2) is 7.87. The van der Waals surface area contributed by atoms with Crippen LogP contribution in [0, 0.1) is 0 Å². The molecule has 7 heteroatoms. The number of imidazole rings is 1. The second-order valence-electron chi connectivity index (χ2n) is 6.53. The van der Waals surface area contributed by atoms with E-state index in [0.29, 0.717) is 12.1 Å². The average molecular weight is 372 g/mol. The number of aromatic amines is 1. The number of benzene rings is 2. The highest BCUT2D eigenvalue weighted by Crippen LogP contribution is 2.19. The van der Waals surface area contributed by atoms with Crippen molar-refractivity contribution >= 4 is 5.91 Å². The minimum Gasteiger partial charge on any atom is -0.342 e. The van der Waals surface area contributed by atoms with Crippen molar-refractivity contribution < 1.29 is 4.79 Å². The summed E-state index contributed by atoms with van der Waals surface area (Å²) in [5, 5.41) is 7.06. The standard InChI is InChI=1S/C21H20N6O/c1-15(20-23-11-19(26-20)17-5-3-2-4-6-17)25-21(28)18-9-7-16(8-10-18)12-27-14-22-13-24-27/h2-11,13-15H,12H2,1H3,(H,23,26)(H,25,28)/t15-/m0/s1. The third-order valence-electron chi connectivity index (χ3n) is 4.47. The molecule has 2 aromatic heterocycles. The number of nitrogens with one attached hydrogen (secondary N) is 2. The van der Waals surface area contributed by atoms with Gasteiger partial charge in [-0.1, -0.05) is 42.5 Å². The van der Waals surface area contributed by atoms with Crippen molar-refractivity contribution in [3.8, 4) is 11.3 Å². The number of hydrogen-bond donors (Lipinski definition) is 2. The molecule has 1 amide bonds. The Balaban J connectivity index is 1.40. The first-order valence-corrected chi connectivity index (χ1v) is 9.01. The van der Waals surface area contributed by atoms with Crippen molar-refractivity contribution in [1.29, 1.82) is 0 Å². The van der Waals surface area contributed by atoms with E-state index in [2.05, 4.69) is 25.4 Å². The molecule has 2 N–H and O–H groups in total. The summed E-state index contributed by atoms with van der Waals surface area (Å²) in [7, 11) is 0. The Bertz CT molecular complexity index is 1040. The summed E-state index contributed by atoms with van der Waals surface area (Å²) in [6.07, 6.45) is 4.95. The highest BCUT2D eigenvalue weighted by atomic mass is 16.1. The number of aromatic nitrogens is 5. The van der Waals surface area contributed by atoms with Crippen LogP contribution in [0.4, 0.5) is 0 Å². The Morgan fingerprint density at radius 2 is 1.93 bits per heavy atom. The number of hydrogen-bond acceptors (Lipinski definition) is 4. The summed E-state index contributed by atoms with van der Waals surface area (Å²) < 4.78 is 1.73. The topological polar surface area (TPSA) is 88.5 Å². The molecular weight excluding hydrogens is 352 g/mol. The molecule has 4 rings (SSSR count). The fourth-order valence-corrected chi connectivity index (χ4v) is 2.93. The van der Waals surface area contributed by atoms with Gasteiger partial charge in [0.05, 0.1) is 24.5 Å². The quantitative estimate of drug-likeness (QED) is 0.544. The molecular formula is C21H20N6O. The fourth-order valence-electron chi connectivity index (χ4n) is 2.93. The Kier molecular flexibility index (Phi) is 4.97. The van der Waals surface area contributed by atoms with Crippen LogP contribution in [-0.4, -0.2) is 30.6 Å². The van der Waals surface area contributed by atoms with E-state index in [4.69, 9.17) is 0 Å². The normalized spacial score (nSPS) is 11.9. The van der Waals surface area contributed by atoms with Gasteiger partial charge in [-0.3, -0.25) is 4.79 Å². The van der Waals surface area contributed by atoms with Gasteiger partial charge in [-0.2, -0.15) is 5.10 Å². The number of H-pyrrole nitrogens is 1. The molecule has 0 fully saturated rings. The lowest BCUT2D eigenvalue weighted by Crippen LogP contribution is -2.27. The Morgan fingerprint density at radius 1 is 1.14 bits per heavy atom. The Morgan fingerprint density at radius 3 is 2.64 bits per heavy atom. The van der Waals surface area contributed by atoms with Gasteiger partial charge in [0.15, 0.2) is 0 Å². The minimum atomic E-state index is -0.236. The van der Waals surface area contributed by atoms with Crippen LogP contribution in [0.2, 0.25) is 0 Å². The predicted octanol–water partition coefficient (Wildman–Crippen LogP) is 3.21. The fraction of sp³-hybridized carbons (Fsp3) is 0.143. The summed E-state index contributed by atoms with van der Waals surface area (Å²) >= 11 is 0. The van der Waals surface area contributed by atoms with Gasteiger partial charge in [0, 0.05) is 5.56 Å². The summed E-state index contributed by atoms with van der Waals surface area (Å²) in [5.74, 6) is 0.576. The third-order valence-corrected chi connectivity index (χ3v) is 4.47. The first-order valence-electron chi connectivity index (χ1n) is 9.01. The molecule has 28 heavy (non-hydrogen) atoms. The highest BCUT2D eigenvalue weighted by Gasteiger charge is 2.14. The molecule has 0 spiro atoms. The van der Waals surface area contributed by atoms with Crippen molar-refractivity contribution in [2.45, 2.75) is 19.5 Å². The molecule has 4 aromatic rings. The van der Waals surface area contributed by atoms with Gasteiger partial charge in [-0.25, -0.2) is 14.6 Å². The predicted molar refractivity (Wildman–Crippen MR) is 105 cm³/mol. The molecule has 0 saturated carbocycles. The third kappa shape index (κ3) is 3.98. The van der Waals surface area contributed by atoms with E-state index in [1.54, 1.807) is 17.2 Å². The van der Waals surface area contributed by atoms with E-state index in [0.717, 1.165) is 22.6 Å². The average Bonchev–Trinajstić information content (AvgIpc) is 3.41. The van der Waals surface area contributed by atoms with Crippen molar-refractivity contribution in [2.24, 2.45) is 0 Å². The van der Waals surface area contributed by atoms with E-state index < -0.39 is 0 Å². The van der Waals surface area contributed by atoms with Gasteiger partial charge in [0.1, 0.15) is 18.5 Å². The zero-order valence-electron chi connectivity index (χ0n) is 15.4. The van der Waals surface area contributed by atoms with Crippen LogP contribution in [0.5, 0.6) is 0 Å². The smallest absolute Gasteiger partial charge is 0.251 e. The molecule has 1 atom stereocenters. The molecule has 2 heterocycles. The van der Waals surface area contributed by atoms with Crippen LogP contribution in [0.3, 0.4) is 0 Å². The molecule has 0 aliphatic heterocycles. The summed E-state index contributed by atoms with van der Waals surface area (Å²) in [6, 6.07) is 17.2. The van der Waals surface area contributed by atoms with Gasteiger partial charge in [0.25, 0.3) is 5.91 Å². The van der Waals surface area contributed by atoms with Gasteiger partial charge < -0.3 is 10.3 Å². The Labute approximate surface area is 162 Å². The van der Waals surface area contributed by atoms with Crippen molar-refractivity contribution in [3.63, 3.8) is 0 Å². The summed E-state index contributed by atoms with van der Waals surface area (Å²) in [4.78, 5) is 24.2. The van der Waals surface area contributed by atoms with E-state index in [1.807, 2.05) is 61.5 Å². The largest absolute Gasteiger partial charge is 0.342 e. The molecule has 140 valence electrons. The first-order chi connectivity index (χ1) is 13.7. The number of nitrogens with zero attached hydrogens (tertiary/aromatic N) is 4. The van der Waals surface area contributed by atoms with Gasteiger partial charge in [-0.15, -0.1) is 0 Å². The summed E-state index contributed by atoms with van der Waals surface area (Å²) in [6.45, 7) is 2.53. The zero-order valence-corrected chi connectivity index (χ0v) is 15.4. The van der Waals surface area contributed by atoms with Crippen LogP contribution < -0.4 is 5.32 Å². The SMILES string of the molecule is C[C@H](NC(=O)c1ccc(Cn2cncn2)cc1)c1ncc(-c2ccccc2)[nH]1. The molecule has 7 nitrogen and oxygen atoms in total. The van der Waals surface area contributed by atoms with E-state index in [9.17, 15) is 4.79 Å². The maximum Gasteiger partial charge on any atom is 0.251 e. The van der Waals surface area contributed by atoms with Crippen LogP contribution in [0.15, 0.2) is 73.4 Å². The van der Waals surface area contributed by atoms with E-state index >= 15 is 0 Å². The van der Waals surface area contributed by atoms with Crippen LogP contribution >= 0.6 is 0 Å². The number of amides is 1. The molecule has 0 aliphatic carbocycles. The lowest BCUT2D eigenvalue weighted by molar-refractivity contribution is 0.0938. The zero-order chi connectivity index (χ0) is 19.3. The second-order valence-corrected chi connectivity index (χ2v) is 6.53. The summed E-state index contributed by atoms with van der Waals surface area (Å²) in [5.41, 5.74) is 3.63.